The maximum Gasteiger partial charge on any atom is 0.221 e. The molecular formula is C17H26ClFN2O. The van der Waals surface area contributed by atoms with E-state index in [1.807, 2.05) is 19.2 Å². The molecule has 1 aromatic carbocycles. The lowest BCUT2D eigenvalue weighted by Crippen LogP contribution is -2.42. The molecule has 124 valence electrons. The third kappa shape index (κ3) is 4.96. The van der Waals surface area contributed by atoms with Gasteiger partial charge >= 0.3 is 0 Å². The lowest BCUT2D eigenvalue weighted by atomic mass is 9.69. The SMILES string of the molecule is CNCCC(=O)NCC1(c2ccc(F)cc2)CCCCC1.Cl. The lowest BCUT2D eigenvalue weighted by molar-refractivity contribution is -0.121. The van der Waals surface area contributed by atoms with Crippen LogP contribution >= 0.6 is 12.4 Å². The van der Waals surface area contributed by atoms with E-state index >= 15 is 0 Å². The van der Waals surface area contributed by atoms with E-state index in [2.05, 4.69) is 10.6 Å². The van der Waals surface area contributed by atoms with Crippen molar-refractivity contribution in [2.75, 3.05) is 20.1 Å². The van der Waals surface area contributed by atoms with Gasteiger partial charge in [0.2, 0.25) is 5.91 Å². The summed E-state index contributed by atoms with van der Waals surface area (Å²) in [6.07, 6.45) is 6.20. The van der Waals surface area contributed by atoms with E-state index in [-0.39, 0.29) is 29.5 Å². The molecule has 0 radical (unpaired) electrons. The van der Waals surface area contributed by atoms with Crippen molar-refractivity contribution in [3.8, 4) is 0 Å². The fourth-order valence-electron chi connectivity index (χ4n) is 3.19. The zero-order valence-electron chi connectivity index (χ0n) is 13.2. The second kappa shape index (κ2) is 9.11. The van der Waals surface area contributed by atoms with E-state index in [0.29, 0.717) is 19.5 Å². The zero-order chi connectivity index (χ0) is 15.1. The number of hydrogen-bond acceptors (Lipinski definition) is 2. The Morgan fingerprint density at radius 3 is 2.41 bits per heavy atom. The molecule has 1 fully saturated rings. The topological polar surface area (TPSA) is 41.1 Å². The molecule has 1 saturated carbocycles. The Labute approximate surface area is 138 Å². The molecular weight excluding hydrogens is 303 g/mol. The Kier molecular flexibility index (Phi) is 7.83. The first-order chi connectivity index (χ1) is 10.2. The molecule has 0 aromatic heterocycles. The predicted octanol–water partition coefficient (Wildman–Crippen LogP) is 3.18. The summed E-state index contributed by atoms with van der Waals surface area (Å²) in [5.41, 5.74) is 1.12. The molecule has 2 rings (SSSR count). The summed E-state index contributed by atoms with van der Waals surface area (Å²) in [7, 11) is 1.84. The Bertz CT molecular complexity index is 458. The van der Waals surface area contributed by atoms with Gasteiger partial charge in [0.25, 0.3) is 0 Å². The van der Waals surface area contributed by atoms with Gasteiger partial charge in [0.05, 0.1) is 0 Å². The van der Waals surface area contributed by atoms with E-state index in [9.17, 15) is 9.18 Å². The minimum Gasteiger partial charge on any atom is -0.355 e. The van der Waals surface area contributed by atoms with Crippen molar-refractivity contribution in [1.29, 1.82) is 0 Å². The minimum absolute atomic E-state index is 0. The third-order valence-corrected chi connectivity index (χ3v) is 4.49. The molecule has 1 aromatic rings. The molecule has 0 heterocycles. The molecule has 0 unspecified atom stereocenters. The number of carbonyl (C=O) groups is 1. The smallest absolute Gasteiger partial charge is 0.221 e. The highest BCUT2D eigenvalue weighted by atomic mass is 35.5. The van der Waals surface area contributed by atoms with Crippen LogP contribution in [-0.2, 0) is 10.2 Å². The van der Waals surface area contributed by atoms with Crippen molar-refractivity contribution >= 4 is 18.3 Å². The lowest BCUT2D eigenvalue weighted by Gasteiger charge is -2.38. The number of hydrogen-bond donors (Lipinski definition) is 2. The van der Waals surface area contributed by atoms with Gasteiger partial charge in [-0.1, -0.05) is 31.4 Å². The van der Waals surface area contributed by atoms with Crippen LogP contribution in [-0.4, -0.2) is 26.0 Å². The fraction of sp³-hybridized carbons (Fsp3) is 0.588. The van der Waals surface area contributed by atoms with Gasteiger partial charge in [-0.05, 0) is 37.6 Å². The number of rotatable bonds is 6. The molecule has 1 amide bonds. The van der Waals surface area contributed by atoms with E-state index in [4.69, 9.17) is 0 Å². The van der Waals surface area contributed by atoms with Crippen LogP contribution < -0.4 is 10.6 Å². The van der Waals surface area contributed by atoms with E-state index in [1.165, 1.54) is 31.4 Å². The summed E-state index contributed by atoms with van der Waals surface area (Å²) < 4.78 is 13.2. The van der Waals surface area contributed by atoms with Crippen LogP contribution in [0.4, 0.5) is 4.39 Å². The van der Waals surface area contributed by atoms with Crippen molar-refractivity contribution < 1.29 is 9.18 Å². The summed E-state index contributed by atoms with van der Waals surface area (Å²) in [5, 5.41) is 6.05. The molecule has 5 heteroatoms. The Morgan fingerprint density at radius 1 is 1.18 bits per heavy atom. The molecule has 0 aliphatic heterocycles. The number of nitrogens with one attached hydrogen (secondary N) is 2. The van der Waals surface area contributed by atoms with E-state index < -0.39 is 0 Å². The number of amides is 1. The van der Waals surface area contributed by atoms with Crippen LogP contribution in [0, 0.1) is 5.82 Å². The van der Waals surface area contributed by atoms with Crippen LogP contribution in [0.25, 0.3) is 0 Å². The van der Waals surface area contributed by atoms with Crippen molar-refractivity contribution in [2.24, 2.45) is 0 Å². The first-order valence-corrected chi connectivity index (χ1v) is 7.84. The molecule has 0 spiro atoms. The third-order valence-electron chi connectivity index (χ3n) is 4.49. The highest BCUT2D eigenvalue weighted by Gasteiger charge is 2.34. The van der Waals surface area contributed by atoms with Crippen molar-refractivity contribution in [1.82, 2.24) is 10.6 Å². The largest absolute Gasteiger partial charge is 0.355 e. The average molecular weight is 329 g/mol. The molecule has 0 saturated heterocycles. The molecule has 1 aliphatic carbocycles. The predicted molar refractivity (Wildman–Crippen MR) is 90.0 cm³/mol. The number of halogens is 2. The average Bonchev–Trinajstić information content (AvgIpc) is 2.52. The highest BCUT2D eigenvalue weighted by molar-refractivity contribution is 5.85. The summed E-state index contributed by atoms with van der Waals surface area (Å²) in [4.78, 5) is 11.9. The van der Waals surface area contributed by atoms with Crippen LogP contribution in [0.3, 0.4) is 0 Å². The Balaban J connectivity index is 0.00000242. The van der Waals surface area contributed by atoms with Crippen molar-refractivity contribution in [3.63, 3.8) is 0 Å². The Hall–Kier alpha value is -1.13. The van der Waals surface area contributed by atoms with Gasteiger partial charge in [-0.15, -0.1) is 12.4 Å². The molecule has 0 atom stereocenters. The van der Waals surface area contributed by atoms with Gasteiger partial charge in [0, 0.05) is 24.9 Å². The zero-order valence-corrected chi connectivity index (χ0v) is 14.0. The summed E-state index contributed by atoms with van der Waals surface area (Å²) in [5.74, 6) is -0.126. The van der Waals surface area contributed by atoms with Crippen LogP contribution in [0.5, 0.6) is 0 Å². The standard InChI is InChI=1S/C17H25FN2O.ClH/c1-19-12-9-16(21)20-13-17(10-3-2-4-11-17)14-5-7-15(18)8-6-14;/h5-8,19H,2-4,9-13H2,1H3,(H,20,21);1H. The van der Waals surface area contributed by atoms with Crippen LogP contribution in [0.1, 0.15) is 44.1 Å². The van der Waals surface area contributed by atoms with E-state index in [1.54, 1.807) is 0 Å². The molecule has 22 heavy (non-hydrogen) atoms. The van der Waals surface area contributed by atoms with Gasteiger partial charge in [-0.2, -0.15) is 0 Å². The molecule has 0 bridgehead atoms. The van der Waals surface area contributed by atoms with Gasteiger partial charge in [-0.3, -0.25) is 4.79 Å². The van der Waals surface area contributed by atoms with Gasteiger partial charge < -0.3 is 10.6 Å². The maximum atomic E-state index is 13.2. The second-order valence-electron chi connectivity index (χ2n) is 5.98. The van der Waals surface area contributed by atoms with E-state index in [0.717, 1.165) is 18.4 Å². The van der Waals surface area contributed by atoms with Gasteiger partial charge in [0.15, 0.2) is 0 Å². The summed E-state index contributed by atoms with van der Waals surface area (Å²) >= 11 is 0. The van der Waals surface area contributed by atoms with Gasteiger partial charge in [0.1, 0.15) is 5.82 Å². The fourth-order valence-corrected chi connectivity index (χ4v) is 3.19. The van der Waals surface area contributed by atoms with Gasteiger partial charge in [-0.25, -0.2) is 4.39 Å². The minimum atomic E-state index is -0.206. The highest BCUT2D eigenvalue weighted by Crippen LogP contribution is 2.39. The summed E-state index contributed by atoms with van der Waals surface area (Å²) in [6, 6.07) is 6.80. The van der Waals surface area contributed by atoms with Crippen LogP contribution in [0.15, 0.2) is 24.3 Å². The molecule has 1 aliphatic rings. The van der Waals surface area contributed by atoms with Crippen LogP contribution in [0.2, 0.25) is 0 Å². The summed E-state index contributed by atoms with van der Waals surface area (Å²) in [6.45, 7) is 1.34. The number of carbonyl (C=O) groups excluding carboxylic acids is 1. The maximum absolute atomic E-state index is 13.2. The second-order valence-corrected chi connectivity index (χ2v) is 5.98. The first-order valence-electron chi connectivity index (χ1n) is 7.84. The van der Waals surface area contributed by atoms with Crippen molar-refractivity contribution in [2.45, 2.75) is 43.9 Å². The number of benzene rings is 1. The Morgan fingerprint density at radius 2 is 1.82 bits per heavy atom. The monoisotopic (exact) mass is 328 g/mol. The quantitative estimate of drug-likeness (QED) is 0.842. The van der Waals surface area contributed by atoms with Crippen molar-refractivity contribution in [3.05, 3.63) is 35.6 Å². The molecule has 2 N–H and O–H groups in total. The normalized spacial score (nSPS) is 16.6. The first kappa shape index (κ1) is 18.9. The molecule has 3 nitrogen and oxygen atoms in total.